The molecule has 1 heterocycles. The van der Waals surface area contributed by atoms with Crippen molar-refractivity contribution in [1.29, 1.82) is 0 Å². The van der Waals surface area contributed by atoms with Crippen LogP contribution in [0.4, 0.5) is 0 Å². The molecular weight excluding hydrogens is 206 g/mol. The lowest BCUT2D eigenvalue weighted by atomic mass is 10.2. The van der Waals surface area contributed by atoms with Crippen LogP contribution in [0.1, 0.15) is 40.5 Å². The van der Waals surface area contributed by atoms with E-state index in [9.17, 15) is 4.79 Å². The third-order valence-corrected chi connectivity index (χ3v) is 4.16. The highest BCUT2D eigenvalue weighted by Crippen LogP contribution is 2.32. The summed E-state index contributed by atoms with van der Waals surface area (Å²) in [6.07, 6.45) is 2.25. The minimum atomic E-state index is 0.243. The van der Waals surface area contributed by atoms with Crippen molar-refractivity contribution in [3.05, 3.63) is 11.1 Å². The van der Waals surface area contributed by atoms with Crippen LogP contribution in [-0.2, 0) is 4.79 Å². The Labute approximate surface area is 97.1 Å². The number of thioether (sulfide) groups is 1. The van der Waals surface area contributed by atoms with E-state index < -0.39 is 0 Å². The zero-order valence-electron chi connectivity index (χ0n) is 10.2. The molecule has 0 saturated carbocycles. The lowest BCUT2D eigenvalue weighted by Crippen LogP contribution is -2.34. The third-order valence-electron chi connectivity index (χ3n) is 2.90. The molecule has 1 aliphatic rings. The molecule has 1 rings (SSSR count). The van der Waals surface area contributed by atoms with Crippen molar-refractivity contribution in [2.45, 2.75) is 45.9 Å². The molecule has 15 heavy (non-hydrogen) atoms. The van der Waals surface area contributed by atoms with Crippen LogP contribution in [0, 0.1) is 0 Å². The molecule has 0 radical (unpaired) electrons. The molecule has 0 N–H and O–H groups in total. The fraction of sp³-hybridized carbons (Fsp3) is 0.750. The van der Waals surface area contributed by atoms with E-state index in [1.807, 2.05) is 23.6 Å². The number of amides is 1. The van der Waals surface area contributed by atoms with Crippen molar-refractivity contribution in [3.8, 4) is 0 Å². The average molecular weight is 227 g/mol. The van der Waals surface area contributed by atoms with Gasteiger partial charge in [-0.05, 0) is 31.6 Å². The molecule has 0 aromatic rings. The van der Waals surface area contributed by atoms with Gasteiger partial charge >= 0.3 is 0 Å². The molecule has 0 fully saturated rings. The molecule has 0 aliphatic carbocycles. The number of hydrogen-bond donors (Lipinski definition) is 0. The molecule has 2 nitrogen and oxygen atoms in total. The Balaban J connectivity index is 2.74. The SMILES string of the molecule is CCCCN1C(=O)C(C)=C(C)[C@H]1SCC. The Morgan fingerprint density at radius 2 is 2.00 bits per heavy atom. The maximum absolute atomic E-state index is 12.0. The van der Waals surface area contributed by atoms with Gasteiger partial charge in [0.15, 0.2) is 0 Å². The summed E-state index contributed by atoms with van der Waals surface area (Å²) in [6, 6.07) is 0. The third kappa shape index (κ3) is 2.57. The standard InChI is InChI=1S/C12H21NOS/c1-5-7-8-13-11(14)9(3)10(4)12(13)15-6-2/h12H,5-8H2,1-4H3/t12-/m1/s1. The summed E-state index contributed by atoms with van der Waals surface area (Å²) in [5, 5.41) is 0.300. The van der Waals surface area contributed by atoms with Crippen LogP contribution in [0.3, 0.4) is 0 Å². The summed E-state index contributed by atoms with van der Waals surface area (Å²) in [5.41, 5.74) is 2.21. The summed E-state index contributed by atoms with van der Waals surface area (Å²) >= 11 is 1.86. The Hall–Kier alpha value is -0.440. The Morgan fingerprint density at radius 3 is 2.53 bits per heavy atom. The fourth-order valence-corrected chi connectivity index (χ4v) is 2.95. The summed E-state index contributed by atoms with van der Waals surface area (Å²) in [6.45, 7) is 9.25. The van der Waals surface area contributed by atoms with Gasteiger partial charge in [0.25, 0.3) is 5.91 Å². The van der Waals surface area contributed by atoms with Crippen LogP contribution >= 0.6 is 11.8 Å². The van der Waals surface area contributed by atoms with Crippen LogP contribution in [0.2, 0.25) is 0 Å². The molecule has 1 aliphatic heterocycles. The van der Waals surface area contributed by atoms with Crippen molar-refractivity contribution >= 4 is 17.7 Å². The molecule has 86 valence electrons. The van der Waals surface area contributed by atoms with Crippen molar-refractivity contribution < 1.29 is 4.79 Å². The van der Waals surface area contributed by atoms with Gasteiger partial charge in [-0.3, -0.25) is 4.79 Å². The normalized spacial score (nSPS) is 21.7. The lowest BCUT2D eigenvalue weighted by Gasteiger charge is -2.25. The highest BCUT2D eigenvalue weighted by Gasteiger charge is 2.33. The highest BCUT2D eigenvalue weighted by molar-refractivity contribution is 8.00. The van der Waals surface area contributed by atoms with E-state index in [4.69, 9.17) is 0 Å². The fourth-order valence-electron chi connectivity index (χ4n) is 1.83. The first-order valence-electron chi connectivity index (χ1n) is 5.73. The monoisotopic (exact) mass is 227 g/mol. The van der Waals surface area contributed by atoms with Gasteiger partial charge in [-0.2, -0.15) is 0 Å². The van der Waals surface area contributed by atoms with E-state index in [0.717, 1.165) is 30.7 Å². The predicted molar refractivity (Wildman–Crippen MR) is 66.9 cm³/mol. The topological polar surface area (TPSA) is 20.3 Å². The van der Waals surface area contributed by atoms with Crippen LogP contribution in [-0.4, -0.2) is 28.5 Å². The Kier molecular flexibility index (Phi) is 4.71. The van der Waals surface area contributed by atoms with Crippen molar-refractivity contribution in [2.24, 2.45) is 0 Å². The Morgan fingerprint density at radius 1 is 1.33 bits per heavy atom. The van der Waals surface area contributed by atoms with E-state index in [1.54, 1.807) is 0 Å². The first-order valence-corrected chi connectivity index (χ1v) is 6.78. The first-order chi connectivity index (χ1) is 7.13. The van der Waals surface area contributed by atoms with E-state index >= 15 is 0 Å². The van der Waals surface area contributed by atoms with Gasteiger partial charge in [0.05, 0.1) is 5.37 Å². The largest absolute Gasteiger partial charge is 0.323 e. The molecule has 0 unspecified atom stereocenters. The summed E-state index contributed by atoms with van der Waals surface area (Å²) in [5.74, 6) is 1.30. The highest BCUT2D eigenvalue weighted by atomic mass is 32.2. The molecule has 1 amide bonds. The average Bonchev–Trinajstić information content (AvgIpc) is 2.42. The minimum absolute atomic E-state index is 0.243. The van der Waals surface area contributed by atoms with Gasteiger partial charge in [-0.15, -0.1) is 11.8 Å². The van der Waals surface area contributed by atoms with Gasteiger partial charge in [0.2, 0.25) is 0 Å². The number of rotatable bonds is 5. The molecule has 0 bridgehead atoms. The zero-order valence-corrected chi connectivity index (χ0v) is 11.0. The molecule has 0 spiro atoms. The van der Waals surface area contributed by atoms with Gasteiger partial charge in [0.1, 0.15) is 0 Å². The van der Waals surface area contributed by atoms with Crippen LogP contribution in [0.5, 0.6) is 0 Å². The van der Waals surface area contributed by atoms with E-state index in [1.165, 1.54) is 5.57 Å². The summed E-state index contributed by atoms with van der Waals surface area (Å²) < 4.78 is 0. The number of nitrogens with zero attached hydrogens (tertiary/aromatic N) is 1. The second-order valence-corrected chi connectivity index (χ2v) is 5.33. The molecule has 1 atom stereocenters. The quantitative estimate of drug-likeness (QED) is 0.719. The van der Waals surface area contributed by atoms with E-state index in [0.29, 0.717) is 5.37 Å². The molecule has 0 saturated heterocycles. The van der Waals surface area contributed by atoms with Crippen molar-refractivity contribution in [3.63, 3.8) is 0 Å². The maximum atomic E-state index is 12.0. The van der Waals surface area contributed by atoms with E-state index in [2.05, 4.69) is 20.8 Å². The zero-order chi connectivity index (χ0) is 11.4. The van der Waals surface area contributed by atoms with Crippen LogP contribution in [0.25, 0.3) is 0 Å². The number of carbonyl (C=O) groups excluding carboxylic acids is 1. The van der Waals surface area contributed by atoms with Crippen molar-refractivity contribution in [2.75, 3.05) is 12.3 Å². The van der Waals surface area contributed by atoms with E-state index in [-0.39, 0.29) is 5.91 Å². The number of carbonyl (C=O) groups is 1. The Bertz CT molecular complexity index is 273. The van der Waals surface area contributed by atoms with Gasteiger partial charge in [0, 0.05) is 12.1 Å². The maximum Gasteiger partial charge on any atom is 0.250 e. The predicted octanol–water partition coefficient (Wildman–Crippen LogP) is 3.04. The van der Waals surface area contributed by atoms with Crippen LogP contribution in [0.15, 0.2) is 11.1 Å². The molecule has 0 aromatic carbocycles. The van der Waals surface area contributed by atoms with Crippen LogP contribution < -0.4 is 0 Å². The molecular formula is C12H21NOS. The molecule has 0 aromatic heterocycles. The lowest BCUT2D eigenvalue weighted by molar-refractivity contribution is -0.125. The van der Waals surface area contributed by atoms with Gasteiger partial charge < -0.3 is 4.90 Å². The smallest absolute Gasteiger partial charge is 0.250 e. The van der Waals surface area contributed by atoms with Gasteiger partial charge in [-0.1, -0.05) is 20.3 Å². The summed E-state index contributed by atoms with van der Waals surface area (Å²) in [7, 11) is 0. The van der Waals surface area contributed by atoms with Gasteiger partial charge in [-0.25, -0.2) is 0 Å². The minimum Gasteiger partial charge on any atom is -0.323 e. The molecule has 3 heteroatoms. The van der Waals surface area contributed by atoms with Crippen molar-refractivity contribution in [1.82, 2.24) is 4.90 Å². The first kappa shape index (κ1) is 12.6. The number of hydrogen-bond acceptors (Lipinski definition) is 2. The summed E-state index contributed by atoms with van der Waals surface area (Å²) in [4.78, 5) is 14.0. The second-order valence-electron chi connectivity index (χ2n) is 3.97. The number of unbranched alkanes of at least 4 members (excludes halogenated alkanes) is 1. The second kappa shape index (κ2) is 5.59.